The minimum Gasteiger partial charge on any atom is -0.353 e. The summed E-state index contributed by atoms with van der Waals surface area (Å²) in [5.41, 5.74) is -0.403. The number of aromatic amines is 1. The van der Waals surface area contributed by atoms with Crippen molar-refractivity contribution in [2.75, 3.05) is 44.7 Å². The number of piperazine rings is 1. The Bertz CT molecular complexity index is 1060. The quantitative estimate of drug-likeness (QED) is 0.622. The highest BCUT2D eigenvalue weighted by molar-refractivity contribution is 7.86. The molecule has 3 fully saturated rings. The van der Waals surface area contributed by atoms with Crippen LogP contribution in [0.15, 0.2) is 18.6 Å². The summed E-state index contributed by atoms with van der Waals surface area (Å²) >= 11 is 0. The van der Waals surface area contributed by atoms with Crippen molar-refractivity contribution in [3.63, 3.8) is 0 Å². The van der Waals surface area contributed by atoms with E-state index in [-0.39, 0.29) is 6.54 Å². The van der Waals surface area contributed by atoms with Crippen molar-refractivity contribution in [3.05, 3.63) is 18.6 Å². The van der Waals surface area contributed by atoms with Crippen LogP contribution >= 0.6 is 0 Å². The van der Waals surface area contributed by atoms with E-state index in [9.17, 15) is 13.2 Å². The average molecular weight is 434 g/mol. The van der Waals surface area contributed by atoms with E-state index >= 15 is 0 Å². The fraction of sp³-hybridized carbons (Fsp3) is 0.632. The van der Waals surface area contributed by atoms with Crippen LogP contribution < -0.4 is 10.2 Å². The third-order valence-corrected chi connectivity index (χ3v) is 8.77. The van der Waals surface area contributed by atoms with Crippen molar-refractivity contribution in [1.29, 1.82) is 0 Å². The fourth-order valence-corrected chi connectivity index (χ4v) is 6.69. The molecule has 3 aliphatic rings. The van der Waals surface area contributed by atoms with E-state index in [2.05, 4.69) is 25.2 Å². The highest BCUT2D eigenvalue weighted by Gasteiger charge is 2.57. The number of hydrogen-bond donors (Lipinski definition) is 2. The molecular formula is C19H27N7O3S. The highest BCUT2D eigenvalue weighted by atomic mass is 32.2. The lowest BCUT2D eigenvalue weighted by Crippen LogP contribution is -2.61. The van der Waals surface area contributed by atoms with Crippen LogP contribution in [0, 0.1) is 0 Å². The smallest absolute Gasteiger partial charge is 0.282 e. The Hall–Kier alpha value is -2.08. The van der Waals surface area contributed by atoms with E-state index in [4.69, 9.17) is 0 Å². The molecule has 1 aliphatic carbocycles. The molecule has 11 heteroatoms. The van der Waals surface area contributed by atoms with Crippen LogP contribution in [0.3, 0.4) is 0 Å². The topological polar surface area (TPSA) is 115 Å². The third kappa shape index (κ3) is 3.11. The molecule has 2 aliphatic heterocycles. The number of likely N-dealkylation sites (N-methyl/N-ethyl adjacent to an activating group) is 1. The van der Waals surface area contributed by atoms with E-state index in [1.165, 1.54) is 10.6 Å². The van der Waals surface area contributed by atoms with Gasteiger partial charge < -0.3 is 20.0 Å². The molecule has 2 aromatic rings. The predicted octanol–water partition coefficient (Wildman–Crippen LogP) is 0.110. The first-order valence-corrected chi connectivity index (χ1v) is 11.8. The van der Waals surface area contributed by atoms with Crippen LogP contribution in [-0.4, -0.2) is 89.1 Å². The minimum atomic E-state index is -3.68. The van der Waals surface area contributed by atoms with Gasteiger partial charge in [-0.1, -0.05) is 0 Å². The summed E-state index contributed by atoms with van der Waals surface area (Å²) in [5.74, 6) is 0.841. The summed E-state index contributed by atoms with van der Waals surface area (Å²) in [6.45, 7) is 2.45. The summed E-state index contributed by atoms with van der Waals surface area (Å²) < 4.78 is 29.9. The number of rotatable bonds is 6. The lowest BCUT2D eigenvalue weighted by Gasteiger charge is -2.43. The molecule has 0 aromatic carbocycles. The predicted molar refractivity (Wildman–Crippen MR) is 112 cm³/mol. The van der Waals surface area contributed by atoms with Gasteiger partial charge in [-0.2, -0.15) is 17.0 Å². The van der Waals surface area contributed by atoms with Gasteiger partial charge >= 0.3 is 0 Å². The van der Waals surface area contributed by atoms with Gasteiger partial charge in [0.2, 0.25) is 0 Å². The largest absolute Gasteiger partial charge is 0.353 e. The van der Waals surface area contributed by atoms with Crippen molar-refractivity contribution in [3.8, 4) is 0 Å². The Morgan fingerprint density at radius 2 is 2.10 bits per heavy atom. The van der Waals surface area contributed by atoms with Crippen LogP contribution in [0.1, 0.15) is 25.7 Å². The molecule has 2 saturated heterocycles. The monoisotopic (exact) mass is 433 g/mol. The molecule has 1 spiro atoms. The minimum absolute atomic E-state index is 0.158. The molecule has 1 atom stereocenters. The van der Waals surface area contributed by atoms with Crippen molar-refractivity contribution < 1.29 is 13.2 Å². The lowest BCUT2D eigenvalue weighted by atomic mass is 10.00. The first-order valence-electron chi connectivity index (χ1n) is 10.4. The summed E-state index contributed by atoms with van der Waals surface area (Å²) in [4.78, 5) is 25.7. The molecular weight excluding hydrogens is 406 g/mol. The number of fused-ring (bicyclic) bond motifs is 1. The Morgan fingerprint density at radius 3 is 2.80 bits per heavy atom. The number of H-pyrrole nitrogens is 1. The molecule has 4 heterocycles. The van der Waals surface area contributed by atoms with Crippen molar-refractivity contribution >= 4 is 33.3 Å². The fourth-order valence-electron chi connectivity index (χ4n) is 4.91. The number of hydrogen-bond acceptors (Lipinski definition) is 7. The summed E-state index contributed by atoms with van der Waals surface area (Å²) in [6, 6.07) is 1.95. The van der Waals surface area contributed by atoms with E-state index in [0.717, 1.165) is 48.9 Å². The molecule has 1 saturated carbocycles. The molecule has 0 amide bonds. The first kappa shape index (κ1) is 19.9. The summed E-state index contributed by atoms with van der Waals surface area (Å²) in [5, 5.41) is 4.13. The van der Waals surface area contributed by atoms with Gasteiger partial charge in [-0.15, -0.1) is 0 Å². The van der Waals surface area contributed by atoms with E-state index in [0.29, 0.717) is 26.1 Å². The van der Waals surface area contributed by atoms with E-state index < -0.39 is 21.3 Å². The SMILES string of the molecule is CN(C[C@]1(C=O)CCCN1)S(=O)(=O)N1CCN(c2ncnc3[nH]ccc23)CC12CC2. The van der Waals surface area contributed by atoms with Gasteiger partial charge in [-0.05, 0) is 38.3 Å². The molecule has 2 aromatic heterocycles. The number of aldehydes is 1. The Kier molecular flexibility index (Phi) is 4.62. The molecule has 10 nitrogen and oxygen atoms in total. The Balaban J connectivity index is 1.37. The van der Waals surface area contributed by atoms with Crippen molar-refractivity contribution in [2.45, 2.75) is 36.8 Å². The molecule has 2 N–H and O–H groups in total. The maximum absolute atomic E-state index is 13.5. The van der Waals surface area contributed by atoms with E-state index in [1.807, 2.05) is 12.3 Å². The standard InChI is InChI=1S/C19H27N7O3S/c1-24(11-18(13-27)4-2-7-23-18)30(28,29)26-10-9-25(12-19(26)5-6-19)17-15-3-8-20-16(15)21-14-22-17/h3,8,13-14,23H,2,4-7,9-12H2,1H3,(H,20,21,22)/t18-/m0/s1. The first-order chi connectivity index (χ1) is 14.4. The molecule has 0 bridgehead atoms. The Labute approximate surface area is 175 Å². The average Bonchev–Trinajstić information content (AvgIpc) is 3.15. The van der Waals surface area contributed by atoms with Crippen LogP contribution in [0.4, 0.5) is 5.82 Å². The summed E-state index contributed by atoms with van der Waals surface area (Å²) in [7, 11) is -2.10. The van der Waals surface area contributed by atoms with E-state index in [1.54, 1.807) is 11.4 Å². The maximum atomic E-state index is 13.5. The van der Waals surface area contributed by atoms with Crippen molar-refractivity contribution in [2.24, 2.45) is 0 Å². The zero-order chi connectivity index (χ0) is 21.0. The molecule has 162 valence electrons. The molecule has 0 radical (unpaired) electrons. The Morgan fingerprint density at radius 1 is 1.27 bits per heavy atom. The summed E-state index contributed by atoms with van der Waals surface area (Å²) in [6.07, 6.45) is 7.44. The van der Waals surface area contributed by atoms with Gasteiger partial charge in [0.25, 0.3) is 10.2 Å². The number of carbonyl (C=O) groups is 1. The molecule has 30 heavy (non-hydrogen) atoms. The van der Waals surface area contributed by atoms with Gasteiger partial charge in [0.1, 0.15) is 24.1 Å². The third-order valence-electron chi connectivity index (χ3n) is 6.73. The molecule has 5 rings (SSSR count). The lowest BCUT2D eigenvalue weighted by molar-refractivity contribution is -0.113. The number of carbonyl (C=O) groups excluding carboxylic acids is 1. The zero-order valence-corrected chi connectivity index (χ0v) is 17.9. The number of nitrogens with one attached hydrogen (secondary N) is 2. The second-order valence-corrected chi connectivity index (χ2v) is 10.7. The van der Waals surface area contributed by atoms with Crippen LogP contribution in [0.5, 0.6) is 0 Å². The van der Waals surface area contributed by atoms with Gasteiger partial charge in [0.05, 0.1) is 16.5 Å². The number of anilines is 1. The van der Waals surface area contributed by atoms with Gasteiger partial charge in [-0.25, -0.2) is 9.97 Å². The second-order valence-electron chi connectivity index (χ2n) is 8.72. The van der Waals surface area contributed by atoms with Crippen LogP contribution in [-0.2, 0) is 15.0 Å². The maximum Gasteiger partial charge on any atom is 0.282 e. The van der Waals surface area contributed by atoms with Crippen molar-refractivity contribution in [1.82, 2.24) is 28.9 Å². The second kappa shape index (κ2) is 6.98. The molecule has 0 unspecified atom stereocenters. The van der Waals surface area contributed by atoms with Gasteiger partial charge in [-0.3, -0.25) is 0 Å². The number of nitrogens with zero attached hydrogens (tertiary/aromatic N) is 5. The van der Waals surface area contributed by atoms with Crippen LogP contribution in [0.2, 0.25) is 0 Å². The highest BCUT2D eigenvalue weighted by Crippen LogP contribution is 2.47. The number of aromatic nitrogens is 3. The zero-order valence-electron chi connectivity index (χ0n) is 17.0. The van der Waals surface area contributed by atoms with Gasteiger partial charge in [0.15, 0.2) is 0 Å². The van der Waals surface area contributed by atoms with Gasteiger partial charge in [0, 0.05) is 39.4 Å². The van der Waals surface area contributed by atoms with Crippen LogP contribution in [0.25, 0.3) is 11.0 Å². The normalized spacial score (nSPS) is 26.7.